The molecule has 4 heteroatoms. The number of carbonyl (C=O) groups excluding carboxylic acids is 1. The molecule has 0 saturated heterocycles. The summed E-state index contributed by atoms with van der Waals surface area (Å²) in [6.45, 7) is 18.3. The molecule has 0 radical (unpaired) electrons. The quantitative estimate of drug-likeness (QED) is 0.610. The Bertz CT molecular complexity index is 411. The van der Waals surface area contributed by atoms with E-state index in [1.807, 2.05) is 34.6 Å². The van der Waals surface area contributed by atoms with Crippen LogP contribution in [0.5, 0.6) is 0 Å². The van der Waals surface area contributed by atoms with Crippen LogP contribution in [0.3, 0.4) is 0 Å². The van der Waals surface area contributed by atoms with Gasteiger partial charge in [-0.2, -0.15) is 0 Å². The molecule has 0 spiro atoms. The van der Waals surface area contributed by atoms with E-state index >= 15 is 0 Å². The molecule has 0 aliphatic heterocycles. The van der Waals surface area contributed by atoms with Crippen molar-refractivity contribution in [2.75, 3.05) is 0 Å². The van der Waals surface area contributed by atoms with Crippen LogP contribution in [0.4, 0.5) is 0 Å². The molecule has 0 aromatic rings. The average molecular weight is 298 g/mol. The van der Waals surface area contributed by atoms with E-state index in [-0.39, 0.29) is 22.4 Å². The highest BCUT2D eigenvalue weighted by atomic mass is 32.1. The largest absolute Gasteiger partial charge is 0.350 e. The lowest BCUT2D eigenvalue weighted by Crippen LogP contribution is -2.57. The third-order valence-electron chi connectivity index (χ3n) is 4.02. The van der Waals surface area contributed by atoms with Crippen LogP contribution in [0.15, 0.2) is 4.99 Å². The summed E-state index contributed by atoms with van der Waals surface area (Å²) < 4.78 is 0. The lowest BCUT2D eigenvalue weighted by atomic mass is 9.67. The number of nitrogens with one attached hydrogen (secondary N) is 1. The first-order valence-electron chi connectivity index (χ1n) is 7.06. The van der Waals surface area contributed by atoms with E-state index in [0.29, 0.717) is 0 Å². The molecule has 0 aliphatic rings. The van der Waals surface area contributed by atoms with Crippen molar-refractivity contribution < 1.29 is 4.79 Å². The summed E-state index contributed by atoms with van der Waals surface area (Å²) in [5, 5.41) is 5.64. The molecule has 1 amide bonds. The molecule has 0 aliphatic carbocycles. The first-order chi connectivity index (χ1) is 8.65. The lowest BCUT2D eigenvalue weighted by Gasteiger charge is -2.46. The molecular weight excluding hydrogens is 268 g/mol. The van der Waals surface area contributed by atoms with Crippen molar-refractivity contribution in [3.63, 3.8) is 0 Å². The number of aliphatic imine (C=N–C) groups is 1. The maximum atomic E-state index is 12.3. The Hall–Kier alpha value is -0.730. The van der Waals surface area contributed by atoms with Crippen molar-refractivity contribution in [1.29, 1.82) is 0 Å². The van der Waals surface area contributed by atoms with E-state index in [0.717, 1.165) is 6.42 Å². The van der Waals surface area contributed by atoms with E-state index < -0.39 is 5.41 Å². The monoisotopic (exact) mass is 298 g/mol. The van der Waals surface area contributed by atoms with Crippen molar-refractivity contribution in [2.24, 2.45) is 15.8 Å². The molecule has 0 atom stereocenters. The van der Waals surface area contributed by atoms with E-state index in [2.05, 4.69) is 43.2 Å². The number of hydrogen-bond donors (Lipinski definition) is 1. The molecular formula is C16H30N2OS. The third-order valence-corrected chi connectivity index (χ3v) is 4.11. The minimum atomic E-state index is -0.393. The van der Waals surface area contributed by atoms with E-state index in [1.165, 1.54) is 0 Å². The molecule has 0 aromatic heterocycles. The van der Waals surface area contributed by atoms with Crippen LogP contribution in [0.2, 0.25) is 0 Å². The summed E-state index contributed by atoms with van der Waals surface area (Å²) in [7, 11) is 0. The van der Waals surface area contributed by atoms with Crippen molar-refractivity contribution in [3.8, 4) is 0 Å². The van der Waals surface area contributed by atoms with Crippen LogP contribution < -0.4 is 5.32 Å². The number of isothiocyanates is 1. The van der Waals surface area contributed by atoms with Crippen LogP contribution in [-0.4, -0.2) is 22.1 Å². The summed E-state index contributed by atoms with van der Waals surface area (Å²) in [6.07, 6.45) is 0.807. The Morgan fingerprint density at radius 1 is 1.05 bits per heavy atom. The van der Waals surface area contributed by atoms with Crippen molar-refractivity contribution in [2.45, 2.75) is 79.8 Å². The van der Waals surface area contributed by atoms with Gasteiger partial charge in [-0.25, -0.2) is 4.99 Å². The molecule has 3 nitrogen and oxygen atoms in total. The van der Waals surface area contributed by atoms with Crippen LogP contribution in [-0.2, 0) is 4.79 Å². The highest BCUT2D eigenvalue weighted by Gasteiger charge is 2.43. The minimum absolute atomic E-state index is 0.0618. The molecule has 1 N–H and O–H groups in total. The smallest absolute Gasteiger partial charge is 0.225 e. The van der Waals surface area contributed by atoms with Crippen LogP contribution >= 0.6 is 12.2 Å². The summed E-state index contributed by atoms with van der Waals surface area (Å²) in [5.41, 5.74) is -1.15. The van der Waals surface area contributed by atoms with Crippen molar-refractivity contribution >= 4 is 23.3 Å². The van der Waals surface area contributed by atoms with Gasteiger partial charge >= 0.3 is 0 Å². The fourth-order valence-corrected chi connectivity index (χ4v) is 2.35. The summed E-state index contributed by atoms with van der Waals surface area (Å²) in [5.74, 6) is 0.0618. The number of rotatable bonds is 5. The van der Waals surface area contributed by atoms with Crippen molar-refractivity contribution in [1.82, 2.24) is 5.32 Å². The van der Waals surface area contributed by atoms with E-state index in [9.17, 15) is 4.79 Å². The maximum absolute atomic E-state index is 12.3. The predicted octanol–water partition coefficient (Wildman–Crippen LogP) is 4.23. The topological polar surface area (TPSA) is 41.5 Å². The Balaban J connectivity index is 5.17. The molecule has 116 valence electrons. The molecule has 0 bridgehead atoms. The Morgan fingerprint density at radius 3 is 1.85 bits per heavy atom. The van der Waals surface area contributed by atoms with Crippen LogP contribution in [0.25, 0.3) is 0 Å². The van der Waals surface area contributed by atoms with Crippen LogP contribution in [0.1, 0.15) is 68.7 Å². The first-order valence-corrected chi connectivity index (χ1v) is 7.47. The fraction of sp³-hybridized carbons (Fsp3) is 0.875. The SMILES string of the molecule is CC(C)(CC(C)(C)C(C)(C)NC(=O)C(C)(C)C)N=C=S. The number of hydrogen-bond acceptors (Lipinski definition) is 3. The number of amides is 1. The average Bonchev–Trinajstić information content (AvgIpc) is 2.12. The van der Waals surface area contributed by atoms with Crippen molar-refractivity contribution in [3.05, 3.63) is 0 Å². The molecule has 0 unspecified atom stereocenters. The normalized spacial score (nSPS) is 13.7. The van der Waals surface area contributed by atoms with Crippen LogP contribution in [0, 0.1) is 10.8 Å². The first kappa shape index (κ1) is 19.3. The summed E-state index contributed by atoms with van der Waals surface area (Å²) in [4.78, 5) is 16.5. The maximum Gasteiger partial charge on any atom is 0.225 e. The van der Waals surface area contributed by atoms with Gasteiger partial charge in [-0.1, -0.05) is 34.6 Å². The molecule has 20 heavy (non-hydrogen) atoms. The molecule has 0 saturated carbocycles. The lowest BCUT2D eigenvalue weighted by molar-refractivity contribution is -0.131. The Kier molecular flexibility index (Phi) is 5.73. The van der Waals surface area contributed by atoms with Gasteiger partial charge in [0.1, 0.15) is 0 Å². The zero-order valence-electron chi connectivity index (χ0n) is 14.5. The third kappa shape index (κ3) is 5.34. The van der Waals surface area contributed by atoms with Gasteiger partial charge in [0.05, 0.1) is 10.7 Å². The number of nitrogens with zero attached hydrogens (tertiary/aromatic N) is 1. The van der Waals surface area contributed by atoms with Gasteiger partial charge in [0.25, 0.3) is 0 Å². The zero-order valence-corrected chi connectivity index (χ0v) is 15.3. The number of carbonyl (C=O) groups is 1. The van der Waals surface area contributed by atoms with Gasteiger partial charge in [-0.3, -0.25) is 4.79 Å². The van der Waals surface area contributed by atoms with Gasteiger partial charge in [0.15, 0.2) is 0 Å². The second-order valence-corrected chi connectivity index (χ2v) is 8.59. The Morgan fingerprint density at radius 2 is 1.50 bits per heavy atom. The van der Waals surface area contributed by atoms with E-state index in [1.54, 1.807) is 0 Å². The standard InChI is InChI=1S/C16H30N2OS/c1-13(2,3)12(19)18-16(8,9)14(4,5)10-15(6,7)17-11-20/h10H2,1-9H3,(H,18,19). The highest BCUT2D eigenvalue weighted by Crippen LogP contribution is 2.39. The fourth-order valence-electron chi connectivity index (χ4n) is 2.11. The number of thiocarbonyl (C=S) groups is 1. The van der Waals surface area contributed by atoms with Gasteiger partial charge in [0.2, 0.25) is 5.91 Å². The minimum Gasteiger partial charge on any atom is -0.350 e. The van der Waals surface area contributed by atoms with Gasteiger partial charge < -0.3 is 5.32 Å². The molecule has 0 heterocycles. The second-order valence-electron chi connectivity index (χ2n) is 8.41. The Labute approximate surface area is 129 Å². The van der Waals surface area contributed by atoms with Gasteiger partial charge in [-0.15, -0.1) is 0 Å². The summed E-state index contributed by atoms with van der Waals surface area (Å²) in [6, 6.07) is 0. The second kappa shape index (κ2) is 5.95. The predicted molar refractivity (Wildman–Crippen MR) is 89.2 cm³/mol. The summed E-state index contributed by atoms with van der Waals surface area (Å²) >= 11 is 4.72. The molecule has 0 rings (SSSR count). The molecule has 0 fully saturated rings. The van der Waals surface area contributed by atoms with Gasteiger partial charge in [-0.05, 0) is 51.7 Å². The van der Waals surface area contributed by atoms with E-state index in [4.69, 9.17) is 12.2 Å². The molecule has 0 aromatic carbocycles. The zero-order chi connectivity index (χ0) is 16.4. The highest BCUT2D eigenvalue weighted by molar-refractivity contribution is 7.78. The van der Waals surface area contributed by atoms with Gasteiger partial charge in [0, 0.05) is 11.0 Å².